The van der Waals surface area contributed by atoms with Crippen LogP contribution in [0.5, 0.6) is 0 Å². The number of hydrogen-bond acceptors (Lipinski definition) is 4. The van der Waals surface area contributed by atoms with Crippen LogP contribution in [-0.4, -0.2) is 42.5 Å². The fourth-order valence-corrected chi connectivity index (χ4v) is 2.30. The van der Waals surface area contributed by atoms with Crippen molar-refractivity contribution in [3.8, 4) is 0 Å². The maximum atomic E-state index is 11.4. The third kappa shape index (κ3) is 3.22. The molecule has 1 aliphatic carbocycles. The van der Waals surface area contributed by atoms with Gasteiger partial charge in [0.05, 0.1) is 5.60 Å². The van der Waals surface area contributed by atoms with Gasteiger partial charge in [0, 0.05) is 7.11 Å². The Morgan fingerprint density at radius 2 is 2.11 bits per heavy atom. The molecule has 6 nitrogen and oxygen atoms in total. The third-order valence-corrected chi connectivity index (χ3v) is 3.22. The lowest BCUT2D eigenvalue weighted by atomic mass is 9.92. The lowest BCUT2D eigenvalue weighted by Crippen LogP contribution is -2.56. The van der Waals surface area contributed by atoms with Gasteiger partial charge in [0.15, 0.2) is 6.04 Å². The number of ether oxygens (including phenoxy) is 2. The van der Waals surface area contributed by atoms with Gasteiger partial charge in [-0.3, -0.25) is 0 Å². The van der Waals surface area contributed by atoms with Gasteiger partial charge < -0.3 is 19.9 Å². The van der Waals surface area contributed by atoms with Crippen LogP contribution in [0.4, 0.5) is 4.79 Å². The molecule has 0 aromatic carbocycles. The van der Waals surface area contributed by atoms with Crippen molar-refractivity contribution in [2.75, 3.05) is 13.7 Å². The molecule has 0 aliphatic heterocycles. The van der Waals surface area contributed by atoms with Crippen molar-refractivity contribution in [1.29, 1.82) is 0 Å². The number of carbonyl (C=O) groups excluding carboxylic acids is 1. The number of carbonyl (C=O) groups is 2. The zero-order chi connectivity index (χ0) is 13.6. The second-order valence-electron chi connectivity index (χ2n) is 4.28. The Morgan fingerprint density at radius 3 is 2.56 bits per heavy atom. The Kier molecular flexibility index (Phi) is 5.15. The van der Waals surface area contributed by atoms with Crippen molar-refractivity contribution in [3.63, 3.8) is 0 Å². The van der Waals surface area contributed by atoms with Gasteiger partial charge in [-0.2, -0.15) is 0 Å². The van der Waals surface area contributed by atoms with Crippen molar-refractivity contribution in [1.82, 2.24) is 5.32 Å². The molecule has 1 atom stereocenters. The van der Waals surface area contributed by atoms with Gasteiger partial charge >= 0.3 is 12.1 Å². The predicted octanol–water partition coefficient (Wildman–Crippen LogP) is 1.31. The number of carboxylic acid groups (broad SMARTS) is 1. The molecule has 0 radical (unpaired) electrons. The van der Waals surface area contributed by atoms with E-state index in [0.717, 1.165) is 12.8 Å². The lowest BCUT2D eigenvalue weighted by Gasteiger charge is -2.33. The zero-order valence-electron chi connectivity index (χ0n) is 10.5. The fraction of sp³-hybridized carbons (Fsp3) is 0.667. The van der Waals surface area contributed by atoms with Gasteiger partial charge in [-0.25, -0.2) is 9.59 Å². The maximum absolute atomic E-state index is 11.4. The molecule has 1 saturated carbocycles. The molecule has 102 valence electrons. The van der Waals surface area contributed by atoms with Crippen LogP contribution in [0.25, 0.3) is 0 Å². The van der Waals surface area contributed by atoms with Crippen LogP contribution in [0.15, 0.2) is 12.7 Å². The van der Waals surface area contributed by atoms with E-state index >= 15 is 0 Å². The number of amides is 1. The van der Waals surface area contributed by atoms with Gasteiger partial charge in [-0.15, -0.1) is 0 Å². The molecular weight excluding hydrogens is 238 g/mol. The predicted molar refractivity (Wildman–Crippen MR) is 64.3 cm³/mol. The van der Waals surface area contributed by atoms with Crippen molar-refractivity contribution in [3.05, 3.63) is 12.7 Å². The fourth-order valence-electron chi connectivity index (χ4n) is 2.30. The Morgan fingerprint density at radius 1 is 1.50 bits per heavy atom. The van der Waals surface area contributed by atoms with Crippen LogP contribution in [-0.2, 0) is 14.3 Å². The Bertz CT molecular complexity index is 322. The van der Waals surface area contributed by atoms with Gasteiger partial charge in [0.25, 0.3) is 0 Å². The van der Waals surface area contributed by atoms with Crippen LogP contribution in [0, 0.1) is 0 Å². The standard InChI is InChI=1S/C12H19NO5/c1-3-8-18-11(16)13-9(10(14)15)12(17-2)6-4-5-7-12/h3,9H,1,4-8H2,2H3,(H,13,16)(H,14,15). The highest BCUT2D eigenvalue weighted by molar-refractivity contribution is 5.81. The molecule has 1 unspecified atom stereocenters. The molecule has 0 aromatic heterocycles. The van der Waals surface area contributed by atoms with Gasteiger partial charge in [-0.05, 0) is 12.8 Å². The summed E-state index contributed by atoms with van der Waals surface area (Å²) in [5.41, 5.74) is -0.834. The molecule has 1 amide bonds. The SMILES string of the molecule is C=CCOC(=O)NC(C(=O)O)C1(OC)CCCC1. The van der Waals surface area contributed by atoms with Crippen molar-refractivity contribution in [2.45, 2.75) is 37.3 Å². The minimum atomic E-state index is -1.12. The molecule has 18 heavy (non-hydrogen) atoms. The minimum absolute atomic E-state index is 0.0398. The summed E-state index contributed by atoms with van der Waals surface area (Å²) in [5.74, 6) is -1.12. The molecule has 0 spiro atoms. The quantitative estimate of drug-likeness (QED) is 0.701. The summed E-state index contributed by atoms with van der Waals surface area (Å²) in [4.78, 5) is 22.7. The number of nitrogens with one attached hydrogen (secondary N) is 1. The van der Waals surface area contributed by atoms with E-state index < -0.39 is 23.7 Å². The van der Waals surface area contributed by atoms with E-state index in [4.69, 9.17) is 9.47 Å². The summed E-state index contributed by atoms with van der Waals surface area (Å²) in [7, 11) is 1.47. The smallest absolute Gasteiger partial charge is 0.408 e. The molecule has 1 fully saturated rings. The Balaban J connectivity index is 2.72. The van der Waals surface area contributed by atoms with Crippen LogP contribution in [0.1, 0.15) is 25.7 Å². The van der Waals surface area contributed by atoms with E-state index in [1.165, 1.54) is 13.2 Å². The highest BCUT2D eigenvalue weighted by Crippen LogP contribution is 2.35. The average Bonchev–Trinajstić information content (AvgIpc) is 2.82. The second-order valence-corrected chi connectivity index (χ2v) is 4.28. The summed E-state index contributed by atoms with van der Waals surface area (Å²) < 4.78 is 10.1. The molecule has 1 rings (SSSR count). The first-order valence-electron chi connectivity index (χ1n) is 5.88. The maximum Gasteiger partial charge on any atom is 0.408 e. The molecule has 6 heteroatoms. The third-order valence-electron chi connectivity index (χ3n) is 3.22. The highest BCUT2D eigenvalue weighted by atomic mass is 16.5. The summed E-state index contributed by atoms with van der Waals surface area (Å²) >= 11 is 0. The molecule has 2 N–H and O–H groups in total. The Labute approximate surface area is 106 Å². The monoisotopic (exact) mass is 257 g/mol. The first kappa shape index (κ1) is 14.5. The summed E-state index contributed by atoms with van der Waals surface area (Å²) in [6.07, 6.45) is 3.65. The number of carboxylic acids is 1. The second kappa shape index (κ2) is 6.39. The molecule has 0 heterocycles. The number of hydrogen-bond donors (Lipinski definition) is 2. The summed E-state index contributed by atoms with van der Waals surface area (Å²) in [5, 5.41) is 11.6. The molecule has 1 aliphatic rings. The normalized spacial score (nSPS) is 18.9. The molecule has 0 saturated heterocycles. The van der Waals surface area contributed by atoms with Crippen LogP contribution in [0.3, 0.4) is 0 Å². The van der Waals surface area contributed by atoms with E-state index in [2.05, 4.69) is 11.9 Å². The van der Waals surface area contributed by atoms with Gasteiger partial charge in [-0.1, -0.05) is 25.5 Å². The lowest BCUT2D eigenvalue weighted by molar-refractivity contribution is -0.149. The summed E-state index contributed by atoms with van der Waals surface area (Å²) in [6, 6.07) is -1.10. The first-order valence-corrected chi connectivity index (χ1v) is 5.88. The molecule has 0 aromatic rings. The molecular formula is C12H19NO5. The van der Waals surface area contributed by atoms with E-state index in [0.29, 0.717) is 12.8 Å². The van der Waals surface area contributed by atoms with Crippen molar-refractivity contribution in [2.24, 2.45) is 0 Å². The number of methoxy groups -OCH3 is 1. The highest BCUT2D eigenvalue weighted by Gasteiger charge is 2.46. The molecule has 0 bridgehead atoms. The van der Waals surface area contributed by atoms with Gasteiger partial charge in [0.1, 0.15) is 6.61 Å². The van der Waals surface area contributed by atoms with E-state index in [9.17, 15) is 14.7 Å². The van der Waals surface area contributed by atoms with Crippen molar-refractivity contribution < 1.29 is 24.2 Å². The van der Waals surface area contributed by atoms with Crippen LogP contribution < -0.4 is 5.32 Å². The van der Waals surface area contributed by atoms with Crippen molar-refractivity contribution >= 4 is 12.1 Å². The minimum Gasteiger partial charge on any atom is -0.480 e. The van der Waals surface area contributed by atoms with E-state index in [1.54, 1.807) is 0 Å². The van der Waals surface area contributed by atoms with E-state index in [1.807, 2.05) is 0 Å². The first-order chi connectivity index (χ1) is 8.55. The van der Waals surface area contributed by atoms with Crippen LogP contribution >= 0.6 is 0 Å². The van der Waals surface area contributed by atoms with Crippen LogP contribution in [0.2, 0.25) is 0 Å². The Hall–Kier alpha value is -1.56. The number of rotatable bonds is 6. The zero-order valence-corrected chi connectivity index (χ0v) is 10.5. The van der Waals surface area contributed by atoms with E-state index in [-0.39, 0.29) is 6.61 Å². The number of aliphatic carboxylic acids is 1. The largest absolute Gasteiger partial charge is 0.480 e. The summed E-state index contributed by atoms with van der Waals surface area (Å²) in [6.45, 7) is 3.45. The number of alkyl carbamates (subject to hydrolysis) is 1. The van der Waals surface area contributed by atoms with Gasteiger partial charge in [0.2, 0.25) is 0 Å². The topological polar surface area (TPSA) is 84.9 Å². The average molecular weight is 257 g/mol.